The summed E-state index contributed by atoms with van der Waals surface area (Å²) in [7, 11) is 0. The molecule has 0 saturated heterocycles. The highest BCUT2D eigenvalue weighted by atomic mass is 32.2. The highest BCUT2D eigenvalue weighted by molar-refractivity contribution is 7.98. The Balaban J connectivity index is 1.42. The van der Waals surface area contributed by atoms with Gasteiger partial charge in [-0.1, -0.05) is 66.4 Å². The van der Waals surface area contributed by atoms with Gasteiger partial charge in [-0.25, -0.2) is 14.8 Å². The van der Waals surface area contributed by atoms with Crippen LogP contribution in [0.3, 0.4) is 0 Å². The molecule has 33 heavy (non-hydrogen) atoms. The van der Waals surface area contributed by atoms with Crippen LogP contribution in [-0.4, -0.2) is 25.6 Å². The molecule has 6 nitrogen and oxygen atoms in total. The van der Waals surface area contributed by atoms with Gasteiger partial charge in [0.2, 0.25) is 0 Å². The molecule has 7 heteroatoms. The van der Waals surface area contributed by atoms with E-state index in [-0.39, 0.29) is 11.4 Å². The molecule has 0 aliphatic carbocycles. The highest BCUT2D eigenvalue weighted by Crippen LogP contribution is 2.31. The third-order valence-corrected chi connectivity index (χ3v) is 6.33. The molecule has 0 amide bonds. The van der Waals surface area contributed by atoms with E-state index in [4.69, 9.17) is 10.8 Å². The predicted molar refractivity (Wildman–Crippen MR) is 132 cm³/mol. The quantitative estimate of drug-likeness (QED) is 0.255. The number of nitrogens with zero attached hydrogens (tertiary/aromatic N) is 3. The number of benzene rings is 3. The van der Waals surface area contributed by atoms with Crippen molar-refractivity contribution in [3.63, 3.8) is 0 Å². The minimum atomic E-state index is -1.13. The Morgan fingerprint density at radius 3 is 2.61 bits per heavy atom. The van der Waals surface area contributed by atoms with Crippen molar-refractivity contribution in [1.29, 1.82) is 0 Å². The van der Waals surface area contributed by atoms with Gasteiger partial charge in [0.15, 0.2) is 5.16 Å². The van der Waals surface area contributed by atoms with Gasteiger partial charge in [-0.15, -0.1) is 0 Å². The first-order chi connectivity index (χ1) is 16.1. The molecule has 5 rings (SSSR count). The number of aromatic carboxylic acids is 1. The summed E-state index contributed by atoms with van der Waals surface area (Å²) in [6.07, 6.45) is 3.34. The molecular weight excluding hydrogens is 432 g/mol. The minimum absolute atomic E-state index is 0.0261. The van der Waals surface area contributed by atoms with Gasteiger partial charge >= 0.3 is 5.97 Å². The third kappa shape index (κ3) is 4.18. The van der Waals surface area contributed by atoms with E-state index in [1.807, 2.05) is 18.2 Å². The first-order valence-corrected chi connectivity index (χ1v) is 11.3. The lowest BCUT2D eigenvalue weighted by atomic mass is 10.0. The van der Waals surface area contributed by atoms with E-state index < -0.39 is 5.97 Å². The van der Waals surface area contributed by atoms with Crippen LogP contribution < -0.4 is 5.73 Å². The molecule has 0 saturated carbocycles. The van der Waals surface area contributed by atoms with Crippen molar-refractivity contribution in [2.75, 3.05) is 5.73 Å². The maximum absolute atomic E-state index is 11.1. The molecule has 2 aromatic heterocycles. The van der Waals surface area contributed by atoms with E-state index in [1.54, 1.807) is 0 Å². The Labute approximate surface area is 194 Å². The molecule has 162 valence electrons. The fourth-order valence-corrected chi connectivity index (χ4v) is 4.58. The van der Waals surface area contributed by atoms with Crippen molar-refractivity contribution in [2.24, 2.45) is 0 Å². The van der Waals surface area contributed by atoms with Crippen molar-refractivity contribution >= 4 is 34.5 Å². The summed E-state index contributed by atoms with van der Waals surface area (Å²) in [5, 5.41) is 10.7. The number of rotatable bonds is 6. The van der Waals surface area contributed by atoms with E-state index in [0.29, 0.717) is 10.9 Å². The second kappa shape index (κ2) is 8.80. The monoisotopic (exact) mass is 452 g/mol. The summed E-state index contributed by atoms with van der Waals surface area (Å²) < 4.78 is 2.19. The molecule has 0 fully saturated rings. The van der Waals surface area contributed by atoms with E-state index in [0.717, 1.165) is 16.8 Å². The summed E-state index contributed by atoms with van der Waals surface area (Å²) >= 11 is 1.41. The van der Waals surface area contributed by atoms with Crippen LogP contribution in [0.5, 0.6) is 0 Å². The molecule has 0 atom stereocenters. The zero-order chi connectivity index (χ0) is 22.8. The molecule has 0 aliphatic heterocycles. The number of carboxylic acid groups (broad SMARTS) is 1. The van der Waals surface area contributed by atoms with Crippen molar-refractivity contribution < 1.29 is 9.90 Å². The lowest BCUT2D eigenvalue weighted by molar-refractivity contribution is 0.0697. The van der Waals surface area contributed by atoms with Gasteiger partial charge in [0.25, 0.3) is 0 Å². The number of thioether (sulfide) groups is 1. The lowest BCUT2D eigenvalue weighted by Crippen LogP contribution is -2.06. The van der Waals surface area contributed by atoms with Gasteiger partial charge in [0, 0.05) is 29.2 Å². The van der Waals surface area contributed by atoms with Gasteiger partial charge < -0.3 is 15.4 Å². The molecule has 5 aromatic rings. The van der Waals surface area contributed by atoms with Gasteiger partial charge in [-0.3, -0.25) is 0 Å². The van der Waals surface area contributed by atoms with Crippen LogP contribution in [0.15, 0.2) is 96.4 Å². The molecule has 3 N–H and O–H groups in total. The van der Waals surface area contributed by atoms with Gasteiger partial charge in [0.1, 0.15) is 11.4 Å². The first kappa shape index (κ1) is 20.8. The Hall–Kier alpha value is -4.10. The van der Waals surface area contributed by atoms with Crippen molar-refractivity contribution in [1.82, 2.24) is 14.5 Å². The second-order valence-electron chi connectivity index (χ2n) is 7.51. The molecule has 0 aliphatic rings. The summed E-state index contributed by atoms with van der Waals surface area (Å²) in [4.78, 5) is 19.3. The van der Waals surface area contributed by atoms with E-state index >= 15 is 0 Å². The molecule has 0 spiro atoms. The Morgan fingerprint density at radius 2 is 1.82 bits per heavy atom. The number of nitrogen functional groups attached to an aromatic ring is 1. The fraction of sp³-hybridized carbons (Fsp3) is 0.0385. The predicted octanol–water partition coefficient (Wildman–Crippen LogP) is 5.66. The molecule has 2 heterocycles. The molecule has 3 aromatic carbocycles. The third-order valence-electron chi connectivity index (χ3n) is 5.40. The normalized spacial score (nSPS) is 11.0. The summed E-state index contributed by atoms with van der Waals surface area (Å²) in [5.41, 5.74) is 11.4. The molecule has 0 unspecified atom stereocenters. The highest BCUT2D eigenvalue weighted by Gasteiger charge is 2.12. The summed E-state index contributed by atoms with van der Waals surface area (Å²) in [5.74, 6) is -0.526. The standard InChI is InChI=1S/C26H20N4O2S/c27-24-22(25(31)32)15-28-26(29-24)33-16-17-6-4-9-19(14-17)30-13-12-21-20(10-5-11-23(21)30)18-7-2-1-3-8-18/h1-15H,16H2,(H,31,32)(H2,27,28,29). The number of anilines is 1. The first-order valence-electron chi connectivity index (χ1n) is 10.3. The van der Waals surface area contributed by atoms with Gasteiger partial charge in [-0.05, 0) is 41.0 Å². The second-order valence-corrected chi connectivity index (χ2v) is 8.45. The summed E-state index contributed by atoms with van der Waals surface area (Å²) in [6.45, 7) is 0. The lowest BCUT2D eigenvalue weighted by Gasteiger charge is -2.10. The van der Waals surface area contributed by atoms with Crippen LogP contribution in [0, 0.1) is 0 Å². The number of carbonyl (C=O) groups is 1. The van der Waals surface area contributed by atoms with E-state index in [9.17, 15) is 4.79 Å². The zero-order valence-electron chi connectivity index (χ0n) is 17.6. The Bertz CT molecular complexity index is 1460. The smallest absolute Gasteiger partial charge is 0.341 e. The minimum Gasteiger partial charge on any atom is -0.477 e. The summed E-state index contributed by atoms with van der Waals surface area (Å²) in [6, 6.07) is 27.2. The topological polar surface area (TPSA) is 94.0 Å². The Morgan fingerprint density at radius 1 is 1.00 bits per heavy atom. The molecular formula is C26H20N4O2S. The van der Waals surface area contributed by atoms with Crippen LogP contribution in [0.4, 0.5) is 5.82 Å². The van der Waals surface area contributed by atoms with Crippen molar-refractivity contribution in [3.05, 3.63) is 102 Å². The van der Waals surface area contributed by atoms with Crippen LogP contribution in [0.25, 0.3) is 27.7 Å². The number of aromatic nitrogens is 3. The maximum Gasteiger partial charge on any atom is 0.341 e. The number of carboxylic acids is 1. The maximum atomic E-state index is 11.1. The Kier molecular flexibility index (Phi) is 5.54. The average molecular weight is 453 g/mol. The SMILES string of the molecule is Nc1nc(SCc2cccc(-n3ccc4c(-c5ccccc5)cccc43)c2)ncc1C(=O)O. The largest absolute Gasteiger partial charge is 0.477 e. The van der Waals surface area contributed by atoms with Crippen molar-refractivity contribution in [3.8, 4) is 16.8 Å². The van der Waals surface area contributed by atoms with Crippen LogP contribution >= 0.6 is 11.8 Å². The molecule has 0 radical (unpaired) electrons. The van der Waals surface area contributed by atoms with Crippen LogP contribution in [0.2, 0.25) is 0 Å². The van der Waals surface area contributed by atoms with Gasteiger partial charge in [-0.2, -0.15) is 0 Å². The van der Waals surface area contributed by atoms with Crippen molar-refractivity contribution in [2.45, 2.75) is 10.9 Å². The zero-order valence-corrected chi connectivity index (χ0v) is 18.4. The number of hydrogen-bond acceptors (Lipinski definition) is 5. The number of hydrogen-bond donors (Lipinski definition) is 2. The number of nitrogens with two attached hydrogens (primary N) is 1. The number of fused-ring (bicyclic) bond motifs is 1. The van der Waals surface area contributed by atoms with Crippen LogP contribution in [-0.2, 0) is 5.75 Å². The fourth-order valence-electron chi connectivity index (χ4n) is 3.82. The van der Waals surface area contributed by atoms with Gasteiger partial charge in [0.05, 0.1) is 5.52 Å². The van der Waals surface area contributed by atoms with E-state index in [2.05, 4.69) is 81.4 Å². The molecule has 0 bridgehead atoms. The average Bonchev–Trinajstić information content (AvgIpc) is 3.28. The van der Waals surface area contributed by atoms with Crippen LogP contribution in [0.1, 0.15) is 15.9 Å². The van der Waals surface area contributed by atoms with E-state index in [1.165, 1.54) is 34.5 Å².